The minimum Gasteiger partial charge on any atom is -0.542 e. The molecule has 0 fully saturated rings. The standard InChI is InChI=1S/C15H22NO.C2HF3O2/c1-3-14-10-7-11-16(12-14,17-2)13-15-8-5-4-6-9-15;3-2(4,5)1(6)7/h4-6,8-10H,3,7,11-13H2,1-2H3;(H,6,7)/q+1;/p-1. The van der Waals surface area contributed by atoms with E-state index in [2.05, 4.69) is 43.3 Å². The van der Waals surface area contributed by atoms with Gasteiger partial charge >= 0.3 is 6.18 Å². The predicted molar refractivity (Wildman–Crippen MR) is 81.2 cm³/mol. The minimum atomic E-state index is -5.19. The second-order valence-corrected chi connectivity index (χ2v) is 5.56. The van der Waals surface area contributed by atoms with Crippen LogP contribution in [0.2, 0.25) is 0 Å². The molecule has 0 aliphatic carbocycles. The Balaban J connectivity index is 0.000000351. The first-order chi connectivity index (χ1) is 11.2. The van der Waals surface area contributed by atoms with E-state index in [1.807, 2.05) is 7.11 Å². The molecule has 1 heterocycles. The van der Waals surface area contributed by atoms with Crippen LogP contribution >= 0.6 is 0 Å². The average molecular weight is 345 g/mol. The summed E-state index contributed by atoms with van der Waals surface area (Å²) >= 11 is 0. The average Bonchev–Trinajstić information content (AvgIpc) is 2.55. The smallest absolute Gasteiger partial charge is 0.430 e. The number of carbonyl (C=O) groups excluding carboxylic acids is 1. The van der Waals surface area contributed by atoms with E-state index in [9.17, 15) is 13.2 Å². The minimum absolute atomic E-state index is 0.740. The SMILES string of the molecule is CCC1=CCC[N+](Cc2ccccc2)(OC)C1.O=C([O-])C(F)(F)F. The number of rotatable bonds is 4. The summed E-state index contributed by atoms with van der Waals surface area (Å²) in [4.78, 5) is 14.6. The van der Waals surface area contributed by atoms with Gasteiger partial charge in [-0.3, -0.25) is 0 Å². The molecule has 1 aromatic carbocycles. The second kappa shape index (κ2) is 8.84. The van der Waals surface area contributed by atoms with Gasteiger partial charge in [0.1, 0.15) is 25.6 Å². The van der Waals surface area contributed by atoms with Crippen LogP contribution in [0.1, 0.15) is 25.3 Å². The van der Waals surface area contributed by atoms with E-state index in [4.69, 9.17) is 14.7 Å². The van der Waals surface area contributed by atoms with Gasteiger partial charge in [-0.15, -0.1) is 0 Å². The zero-order chi connectivity index (χ0) is 18.2. The summed E-state index contributed by atoms with van der Waals surface area (Å²) in [6.07, 6.45) is -0.553. The number of halogens is 3. The van der Waals surface area contributed by atoms with Crippen LogP contribution in [0.25, 0.3) is 0 Å². The van der Waals surface area contributed by atoms with E-state index in [0.717, 1.165) is 37.1 Å². The maximum absolute atomic E-state index is 10.5. The number of carboxylic acids is 1. The van der Waals surface area contributed by atoms with Crippen molar-refractivity contribution in [2.75, 3.05) is 20.2 Å². The van der Waals surface area contributed by atoms with Crippen molar-refractivity contribution in [3.05, 3.63) is 47.5 Å². The highest BCUT2D eigenvalue weighted by atomic mass is 19.4. The van der Waals surface area contributed by atoms with Crippen molar-refractivity contribution in [2.24, 2.45) is 0 Å². The van der Waals surface area contributed by atoms with Gasteiger partial charge in [-0.1, -0.05) is 43.3 Å². The maximum atomic E-state index is 10.5. The number of benzene rings is 1. The fourth-order valence-electron chi connectivity index (χ4n) is 2.55. The molecule has 0 N–H and O–H groups in total. The largest absolute Gasteiger partial charge is 0.542 e. The first kappa shape index (κ1) is 20.2. The molecule has 0 saturated carbocycles. The summed E-state index contributed by atoms with van der Waals surface area (Å²) in [6, 6.07) is 10.6. The number of quaternary nitrogens is 1. The fraction of sp³-hybridized carbons (Fsp3) is 0.471. The molecule has 1 unspecified atom stereocenters. The van der Waals surface area contributed by atoms with E-state index in [1.165, 1.54) is 11.1 Å². The van der Waals surface area contributed by atoms with Crippen LogP contribution in [0.5, 0.6) is 0 Å². The number of hydrogen-bond donors (Lipinski definition) is 0. The second-order valence-electron chi connectivity index (χ2n) is 5.56. The van der Waals surface area contributed by atoms with Gasteiger partial charge in [0.05, 0.1) is 7.11 Å². The van der Waals surface area contributed by atoms with Gasteiger partial charge in [0.25, 0.3) is 0 Å². The Hall–Kier alpha value is -1.86. The van der Waals surface area contributed by atoms with Crippen LogP contribution in [0.4, 0.5) is 13.2 Å². The molecule has 24 heavy (non-hydrogen) atoms. The van der Waals surface area contributed by atoms with Crippen molar-refractivity contribution >= 4 is 5.97 Å². The molecule has 4 nitrogen and oxygen atoms in total. The van der Waals surface area contributed by atoms with Gasteiger partial charge in [-0.2, -0.15) is 17.8 Å². The Kier molecular flexibility index (Phi) is 7.44. The van der Waals surface area contributed by atoms with Crippen molar-refractivity contribution < 1.29 is 32.6 Å². The van der Waals surface area contributed by atoms with E-state index < -0.39 is 12.1 Å². The summed E-state index contributed by atoms with van der Waals surface area (Å²) in [5.41, 5.74) is 2.88. The quantitative estimate of drug-likeness (QED) is 0.623. The molecule has 1 atom stereocenters. The predicted octanol–water partition coefficient (Wildman–Crippen LogP) is 2.60. The molecule has 1 aliphatic heterocycles. The van der Waals surface area contributed by atoms with Gasteiger partial charge in [0, 0.05) is 12.0 Å². The highest BCUT2D eigenvalue weighted by molar-refractivity contribution is 5.70. The summed E-state index contributed by atoms with van der Waals surface area (Å²) < 4.78 is 32.3. The summed E-state index contributed by atoms with van der Waals surface area (Å²) in [7, 11) is 1.83. The van der Waals surface area contributed by atoms with Gasteiger partial charge in [-0.25, -0.2) is 4.84 Å². The number of carboxylic acid groups (broad SMARTS) is 1. The number of carbonyl (C=O) groups is 1. The zero-order valence-corrected chi connectivity index (χ0v) is 13.8. The molecule has 134 valence electrons. The van der Waals surface area contributed by atoms with Crippen LogP contribution in [0, 0.1) is 0 Å². The third-order valence-corrected chi connectivity index (χ3v) is 3.85. The number of alkyl halides is 3. The van der Waals surface area contributed by atoms with Crippen molar-refractivity contribution in [3.63, 3.8) is 0 Å². The summed E-state index contributed by atoms with van der Waals surface area (Å²) in [6.45, 7) is 5.30. The van der Waals surface area contributed by atoms with Crippen molar-refractivity contribution in [1.29, 1.82) is 0 Å². The molecule has 0 radical (unpaired) electrons. The molecule has 0 amide bonds. The van der Waals surface area contributed by atoms with Gasteiger partial charge < -0.3 is 9.90 Å². The lowest BCUT2D eigenvalue weighted by molar-refractivity contribution is -1.11. The Labute approximate surface area is 139 Å². The molecule has 0 spiro atoms. The van der Waals surface area contributed by atoms with E-state index >= 15 is 0 Å². The normalized spacial score (nSPS) is 20.6. The van der Waals surface area contributed by atoms with Crippen molar-refractivity contribution in [3.8, 4) is 0 Å². The van der Waals surface area contributed by atoms with Crippen LogP contribution in [0.15, 0.2) is 42.0 Å². The molecule has 7 heteroatoms. The first-order valence-corrected chi connectivity index (χ1v) is 7.64. The first-order valence-electron chi connectivity index (χ1n) is 7.64. The van der Waals surface area contributed by atoms with Crippen molar-refractivity contribution in [2.45, 2.75) is 32.5 Å². The van der Waals surface area contributed by atoms with E-state index in [0.29, 0.717) is 0 Å². The lowest BCUT2D eigenvalue weighted by Gasteiger charge is -2.37. The van der Waals surface area contributed by atoms with Crippen LogP contribution in [0.3, 0.4) is 0 Å². The van der Waals surface area contributed by atoms with Gasteiger partial charge in [-0.05, 0) is 12.0 Å². The lowest BCUT2D eigenvalue weighted by Crippen LogP contribution is -2.49. The molecule has 0 bridgehead atoms. The summed E-state index contributed by atoms with van der Waals surface area (Å²) in [5, 5.41) is 8.78. The molecule has 1 aliphatic rings. The number of hydroxylamine groups is 3. The monoisotopic (exact) mass is 345 g/mol. The maximum Gasteiger partial charge on any atom is 0.430 e. The van der Waals surface area contributed by atoms with Crippen LogP contribution < -0.4 is 5.11 Å². The number of nitrogens with zero attached hydrogens (tertiary/aromatic N) is 1. The van der Waals surface area contributed by atoms with Crippen molar-refractivity contribution in [1.82, 2.24) is 0 Å². The Morgan fingerprint density at radius 2 is 1.88 bits per heavy atom. The Bertz CT molecular complexity index is 558. The fourth-order valence-corrected chi connectivity index (χ4v) is 2.55. The van der Waals surface area contributed by atoms with E-state index in [-0.39, 0.29) is 0 Å². The topological polar surface area (TPSA) is 49.4 Å². The Morgan fingerprint density at radius 1 is 1.29 bits per heavy atom. The molecule has 0 saturated heterocycles. The number of aliphatic carboxylic acids is 1. The molecular formula is C17H22F3NO3. The van der Waals surface area contributed by atoms with E-state index in [1.54, 1.807) is 0 Å². The Morgan fingerprint density at radius 3 is 2.33 bits per heavy atom. The van der Waals surface area contributed by atoms with Crippen LogP contribution in [-0.2, 0) is 16.2 Å². The third kappa shape index (κ3) is 6.33. The molecular weight excluding hydrogens is 323 g/mol. The molecule has 2 rings (SSSR count). The third-order valence-electron chi connectivity index (χ3n) is 3.85. The molecule has 1 aromatic rings. The number of hydrogen-bond acceptors (Lipinski definition) is 3. The molecule has 0 aromatic heterocycles. The van der Waals surface area contributed by atoms with Gasteiger partial charge in [0.2, 0.25) is 0 Å². The lowest BCUT2D eigenvalue weighted by atomic mass is 10.1. The van der Waals surface area contributed by atoms with Crippen LogP contribution in [-0.4, -0.2) is 37.0 Å². The highest BCUT2D eigenvalue weighted by Crippen LogP contribution is 2.24. The summed E-state index contributed by atoms with van der Waals surface area (Å²) in [5.74, 6) is -3.01. The highest BCUT2D eigenvalue weighted by Gasteiger charge is 2.32. The van der Waals surface area contributed by atoms with Gasteiger partial charge in [0.15, 0.2) is 0 Å². The zero-order valence-electron chi connectivity index (χ0n) is 13.8.